The molecular weight excluding hydrogens is 232 g/mol. The van der Waals surface area contributed by atoms with Gasteiger partial charge in [0.1, 0.15) is 0 Å². The standard InChI is InChI=1S/C13H22N2OS/c1-3-12-4-5-13(17-12)10-15-6-7-16-11(9-15)8-14-2/h4-5,11,14H,3,6-10H2,1-2H3. The van der Waals surface area contributed by atoms with Crippen LogP contribution in [0.5, 0.6) is 0 Å². The van der Waals surface area contributed by atoms with Crippen LogP contribution < -0.4 is 5.32 Å². The van der Waals surface area contributed by atoms with E-state index in [0.717, 1.165) is 39.2 Å². The van der Waals surface area contributed by atoms with Crippen LogP contribution in [0.3, 0.4) is 0 Å². The Kier molecular flexibility index (Phi) is 4.98. The molecule has 0 aliphatic carbocycles. The third-order valence-corrected chi connectivity index (χ3v) is 4.31. The van der Waals surface area contributed by atoms with Gasteiger partial charge in [0, 0.05) is 35.9 Å². The normalized spacial score (nSPS) is 21.9. The highest BCUT2D eigenvalue weighted by Gasteiger charge is 2.20. The number of rotatable bonds is 5. The van der Waals surface area contributed by atoms with Gasteiger partial charge in [-0.1, -0.05) is 6.92 Å². The van der Waals surface area contributed by atoms with E-state index in [1.807, 2.05) is 18.4 Å². The number of morpholine rings is 1. The number of thiophene rings is 1. The van der Waals surface area contributed by atoms with E-state index < -0.39 is 0 Å². The molecule has 17 heavy (non-hydrogen) atoms. The summed E-state index contributed by atoms with van der Waals surface area (Å²) in [5.74, 6) is 0. The maximum absolute atomic E-state index is 5.71. The molecule has 1 aromatic heterocycles. The van der Waals surface area contributed by atoms with Crippen LogP contribution in [0, 0.1) is 0 Å². The fourth-order valence-corrected chi connectivity index (χ4v) is 3.19. The predicted molar refractivity (Wildman–Crippen MR) is 72.6 cm³/mol. The lowest BCUT2D eigenvalue weighted by atomic mass is 10.2. The topological polar surface area (TPSA) is 24.5 Å². The van der Waals surface area contributed by atoms with Gasteiger partial charge in [-0.25, -0.2) is 0 Å². The van der Waals surface area contributed by atoms with E-state index in [0.29, 0.717) is 6.10 Å². The average Bonchev–Trinajstić information content (AvgIpc) is 2.78. The molecule has 2 rings (SSSR count). The molecule has 1 N–H and O–H groups in total. The lowest BCUT2D eigenvalue weighted by Crippen LogP contribution is -2.45. The van der Waals surface area contributed by atoms with E-state index in [9.17, 15) is 0 Å². The third-order valence-electron chi connectivity index (χ3n) is 3.10. The first kappa shape index (κ1) is 13.0. The summed E-state index contributed by atoms with van der Waals surface area (Å²) in [7, 11) is 1.98. The summed E-state index contributed by atoms with van der Waals surface area (Å²) in [5.41, 5.74) is 0. The molecule has 1 saturated heterocycles. The smallest absolute Gasteiger partial charge is 0.0826 e. The van der Waals surface area contributed by atoms with Gasteiger partial charge in [-0.2, -0.15) is 0 Å². The molecule has 1 atom stereocenters. The second-order valence-corrected chi connectivity index (χ2v) is 5.76. The Morgan fingerprint density at radius 2 is 2.29 bits per heavy atom. The zero-order valence-electron chi connectivity index (χ0n) is 10.7. The van der Waals surface area contributed by atoms with Gasteiger partial charge < -0.3 is 10.1 Å². The van der Waals surface area contributed by atoms with Crippen LogP contribution in [-0.2, 0) is 17.7 Å². The molecule has 0 spiro atoms. The summed E-state index contributed by atoms with van der Waals surface area (Å²) in [5, 5.41) is 3.19. The molecule has 1 aromatic rings. The zero-order chi connectivity index (χ0) is 12.1. The molecular formula is C13H22N2OS. The largest absolute Gasteiger partial charge is 0.374 e. The second-order valence-electron chi connectivity index (χ2n) is 4.51. The van der Waals surface area contributed by atoms with Crippen molar-refractivity contribution in [3.8, 4) is 0 Å². The van der Waals surface area contributed by atoms with Crippen LogP contribution in [0.25, 0.3) is 0 Å². The van der Waals surface area contributed by atoms with E-state index in [-0.39, 0.29) is 0 Å². The molecule has 1 unspecified atom stereocenters. The molecule has 96 valence electrons. The number of nitrogens with zero attached hydrogens (tertiary/aromatic N) is 1. The summed E-state index contributed by atoms with van der Waals surface area (Å²) < 4.78 is 5.71. The lowest BCUT2D eigenvalue weighted by molar-refractivity contribution is -0.0288. The molecule has 0 amide bonds. The Labute approximate surface area is 108 Å². The van der Waals surface area contributed by atoms with Crippen LogP contribution in [0.4, 0.5) is 0 Å². The van der Waals surface area contributed by atoms with Crippen LogP contribution >= 0.6 is 11.3 Å². The van der Waals surface area contributed by atoms with Crippen molar-refractivity contribution in [3.05, 3.63) is 21.9 Å². The Morgan fingerprint density at radius 3 is 3.00 bits per heavy atom. The minimum absolute atomic E-state index is 0.347. The van der Waals surface area contributed by atoms with Gasteiger partial charge >= 0.3 is 0 Å². The maximum atomic E-state index is 5.71. The van der Waals surface area contributed by atoms with Crippen LogP contribution in [0.15, 0.2) is 12.1 Å². The van der Waals surface area contributed by atoms with E-state index >= 15 is 0 Å². The molecule has 4 heteroatoms. The lowest BCUT2D eigenvalue weighted by Gasteiger charge is -2.32. The van der Waals surface area contributed by atoms with Crippen LogP contribution in [0.2, 0.25) is 0 Å². The van der Waals surface area contributed by atoms with Gasteiger partial charge in [-0.05, 0) is 25.6 Å². The molecule has 3 nitrogen and oxygen atoms in total. The highest BCUT2D eigenvalue weighted by molar-refractivity contribution is 7.11. The van der Waals surface area contributed by atoms with Gasteiger partial charge in [0.25, 0.3) is 0 Å². The minimum atomic E-state index is 0.347. The molecule has 0 bridgehead atoms. The van der Waals surface area contributed by atoms with Crippen molar-refractivity contribution in [1.82, 2.24) is 10.2 Å². The predicted octanol–water partition coefficient (Wildman–Crippen LogP) is 1.73. The number of hydrogen-bond donors (Lipinski definition) is 1. The van der Waals surface area contributed by atoms with Gasteiger partial charge in [-0.3, -0.25) is 4.90 Å². The highest BCUT2D eigenvalue weighted by Crippen LogP contribution is 2.19. The summed E-state index contributed by atoms with van der Waals surface area (Å²) >= 11 is 1.94. The number of hydrogen-bond acceptors (Lipinski definition) is 4. The van der Waals surface area contributed by atoms with Crippen molar-refractivity contribution in [3.63, 3.8) is 0 Å². The fourth-order valence-electron chi connectivity index (χ4n) is 2.19. The van der Waals surface area contributed by atoms with E-state index in [1.54, 1.807) is 0 Å². The molecule has 0 saturated carbocycles. The summed E-state index contributed by atoms with van der Waals surface area (Å²) in [4.78, 5) is 5.46. The van der Waals surface area contributed by atoms with Gasteiger partial charge in [0.05, 0.1) is 12.7 Å². The van der Waals surface area contributed by atoms with Gasteiger partial charge in [0.2, 0.25) is 0 Å². The fraction of sp³-hybridized carbons (Fsp3) is 0.692. The third kappa shape index (κ3) is 3.78. The Bertz CT molecular complexity index is 338. The maximum Gasteiger partial charge on any atom is 0.0826 e. The molecule has 2 heterocycles. The molecule has 0 radical (unpaired) electrons. The summed E-state index contributed by atoms with van der Waals surface area (Å²) in [6.07, 6.45) is 1.50. The number of ether oxygens (including phenoxy) is 1. The van der Waals surface area contributed by atoms with Crippen molar-refractivity contribution in [2.45, 2.75) is 26.0 Å². The molecule has 0 aromatic carbocycles. The molecule has 1 fully saturated rings. The molecule has 1 aliphatic rings. The minimum Gasteiger partial charge on any atom is -0.374 e. The van der Waals surface area contributed by atoms with E-state index in [4.69, 9.17) is 4.74 Å². The monoisotopic (exact) mass is 254 g/mol. The highest BCUT2D eigenvalue weighted by atomic mass is 32.1. The van der Waals surface area contributed by atoms with E-state index in [2.05, 4.69) is 29.3 Å². The summed E-state index contributed by atoms with van der Waals surface area (Å²) in [6.45, 7) is 7.20. The van der Waals surface area contributed by atoms with Crippen molar-refractivity contribution < 1.29 is 4.74 Å². The Balaban J connectivity index is 1.85. The number of likely N-dealkylation sites (N-methyl/N-ethyl adjacent to an activating group) is 1. The Morgan fingerprint density at radius 1 is 1.47 bits per heavy atom. The second kappa shape index (κ2) is 6.50. The van der Waals surface area contributed by atoms with Gasteiger partial charge in [0.15, 0.2) is 0 Å². The zero-order valence-corrected chi connectivity index (χ0v) is 11.6. The van der Waals surface area contributed by atoms with Gasteiger partial charge in [-0.15, -0.1) is 11.3 Å². The first-order valence-electron chi connectivity index (χ1n) is 6.38. The van der Waals surface area contributed by atoms with Crippen molar-refractivity contribution in [1.29, 1.82) is 0 Å². The van der Waals surface area contributed by atoms with Crippen molar-refractivity contribution >= 4 is 11.3 Å². The number of nitrogens with one attached hydrogen (secondary N) is 1. The first-order chi connectivity index (χ1) is 8.31. The molecule has 1 aliphatic heterocycles. The van der Waals surface area contributed by atoms with Crippen LogP contribution in [-0.4, -0.2) is 44.3 Å². The SMILES string of the molecule is CCc1ccc(CN2CCOC(CNC)C2)s1. The summed E-state index contributed by atoms with van der Waals surface area (Å²) in [6, 6.07) is 4.53. The number of aryl methyl sites for hydroxylation is 1. The van der Waals surface area contributed by atoms with Crippen LogP contribution in [0.1, 0.15) is 16.7 Å². The van der Waals surface area contributed by atoms with Crippen molar-refractivity contribution in [2.75, 3.05) is 33.3 Å². The van der Waals surface area contributed by atoms with Crippen molar-refractivity contribution in [2.24, 2.45) is 0 Å². The first-order valence-corrected chi connectivity index (χ1v) is 7.19. The Hall–Kier alpha value is -0.420. The average molecular weight is 254 g/mol. The van der Waals surface area contributed by atoms with E-state index in [1.165, 1.54) is 9.75 Å². The quantitative estimate of drug-likeness (QED) is 0.866.